The third kappa shape index (κ3) is 3.21. The van der Waals surface area contributed by atoms with Gasteiger partial charge in [-0.2, -0.15) is 0 Å². The van der Waals surface area contributed by atoms with E-state index in [1.165, 1.54) is 6.07 Å². The molecule has 4 heteroatoms. The fraction of sp³-hybridized carbons (Fsp3) is 0.235. The van der Waals surface area contributed by atoms with E-state index in [1.807, 2.05) is 43.0 Å². The van der Waals surface area contributed by atoms with Crippen LogP contribution in [0.4, 0.5) is 10.1 Å². The summed E-state index contributed by atoms with van der Waals surface area (Å²) in [6.45, 7) is 5.04. The molecule has 0 amide bonds. The molecule has 0 aliphatic carbocycles. The molecule has 0 heterocycles. The van der Waals surface area contributed by atoms with Crippen molar-refractivity contribution in [3.63, 3.8) is 0 Å². The molecule has 3 nitrogen and oxygen atoms in total. The Morgan fingerprint density at radius 3 is 2.52 bits per heavy atom. The van der Waals surface area contributed by atoms with Gasteiger partial charge in [-0.1, -0.05) is 30.3 Å². The van der Waals surface area contributed by atoms with Gasteiger partial charge in [0.15, 0.2) is 0 Å². The van der Waals surface area contributed by atoms with Crippen LogP contribution in [0, 0.1) is 12.7 Å². The van der Waals surface area contributed by atoms with E-state index in [-0.39, 0.29) is 5.56 Å². The summed E-state index contributed by atoms with van der Waals surface area (Å²) in [5, 5.41) is 8.99. The minimum Gasteiger partial charge on any atom is -0.478 e. The number of carbonyl (C=O) groups is 1. The molecule has 0 unspecified atom stereocenters. The fourth-order valence-corrected chi connectivity index (χ4v) is 2.36. The Hall–Kier alpha value is -2.36. The first-order chi connectivity index (χ1) is 10.0. The topological polar surface area (TPSA) is 40.5 Å². The van der Waals surface area contributed by atoms with Crippen molar-refractivity contribution >= 4 is 11.7 Å². The average Bonchev–Trinajstić information content (AvgIpc) is 2.47. The Morgan fingerprint density at radius 2 is 1.90 bits per heavy atom. The molecule has 0 saturated heterocycles. The van der Waals surface area contributed by atoms with E-state index in [4.69, 9.17) is 5.11 Å². The van der Waals surface area contributed by atoms with Crippen LogP contribution >= 0.6 is 0 Å². The first-order valence-corrected chi connectivity index (χ1v) is 6.85. The molecule has 0 aliphatic heterocycles. The van der Waals surface area contributed by atoms with E-state index in [0.29, 0.717) is 18.7 Å². The van der Waals surface area contributed by atoms with Crippen molar-refractivity contribution < 1.29 is 14.3 Å². The minimum absolute atomic E-state index is 0.284. The van der Waals surface area contributed by atoms with Crippen LogP contribution in [-0.2, 0) is 6.54 Å². The summed E-state index contributed by atoms with van der Waals surface area (Å²) in [7, 11) is 0. The summed E-state index contributed by atoms with van der Waals surface area (Å²) < 4.78 is 14.2. The van der Waals surface area contributed by atoms with Crippen molar-refractivity contribution in [2.75, 3.05) is 11.4 Å². The van der Waals surface area contributed by atoms with Gasteiger partial charge in [-0.3, -0.25) is 0 Å². The van der Waals surface area contributed by atoms with Crippen molar-refractivity contribution in [3.05, 3.63) is 65.0 Å². The number of aryl methyl sites for hydroxylation is 1. The molecule has 0 bridgehead atoms. The monoisotopic (exact) mass is 287 g/mol. The summed E-state index contributed by atoms with van der Waals surface area (Å²) in [5.41, 5.74) is 2.24. The highest BCUT2D eigenvalue weighted by Gasteiger charge is 2.16. The zero-order chi connectivity index (χ0) is 15.4. The number of hydrogen-bond donors (Lipinski definition) is 1. The van der Waals surface area contributed by atoms with E-state index >= 15 is 0 Å². The Balaban J connectivity index is 2.34. The van der Waals surface area contributed by atoms with Crippen LogP contribution in [0.25, 0.3) is 0 Å². The maximum Gasteiger partial charge on any atom is 0.338 e. The van der Waals surface area contributed by atoms with Crippen LogP contribution in [0.3, 0.4) is 0 Å². The van der Waals surface area contributed by atoms with Gasteiger partial charge in [0.1, 0.15) is 5.82 Å². The predicted molar refractivity (Wildman–Crippen MR) is 81.3 cm³/mol. The maximum absolute atomic E-state index is 14.2. The van der Waals surface area contributed by atoms with Crippen LogP contribution in [0.2, 0.25) is 0 Å². The zero-order valence-corrected chi connectivity index (χ0v) is 12.1. The number of halogens is 1. The van der Waals surface area contributed by atoms with Gasteiger partial charge in [0.05, 0.1) is 5.56 Å². The van der Waals surface area contributed by atoms with E-state index in [0.717, 1.165) is 11.3 Å². The first-order valence-electron chi connectivity index (χ1n) is 6.85. The van der Waals surface area contributed by atoms with Gasteiger partial charge in [0, 0.05) is 24.3 Å². The number of carboxylic acids is 1. The Kier molecular flexibility index (Phi) is 4.58. The van der Waals surface area contributed by atoms with Crippen LogP contribution in [0.5, 0.6) is 0 Å². The SMILES string of the molecule is CCN(Cc1cccc(C(=O)O)c1F)c1ccccc1C. The molecule has 110 valence electrons. The number of rotatable bonds is 5. The number of aromatic carboxylic acids is 1. The molecule has 0 atom stereocenters. The average molecular weight is 287 g/mol. The lowest BCUT2D eigenvalue weighted by Crippen LogP contribution is -2.23. The van der Waals surface area contributed by atoms with Gasteiger partial charge in [-0.25, -0.2) is 9.18 Å². The fourth-order valence-electron chi connectivity index (χ4n) is 2.36. The van der Waals surface area contributed by atoms with Crippen molar-refractivity contribution in [2.45, 2.75) is 20.4 Å². The van der Waals surface area contributed by atoms with E-state index in [9.17, 15) is 9.18 Å². The molecule has 2 aromatic rings. The number of benzene rings is 2. The lowest BCUT2D eigenvalue weighted by molar-refractivity contribution is 0.0691. The Morgan fingerprint density at radius 1 is 1.19 bits per heavy atom. The van der Waals surface area contributed by atoms with E-state index in [2.05, 4.69) is 0 Å². The third-order valence-corrected chi connectivity index (χ3v) is 3.51. The Bertz CT molecular complexity index is 655. The van der Waals surface area contributed by atoms with Gasteiger partial charge in [-0.05, 0) is 31.5 Å². The van der Waals surface area contributed by atoms with Crippen molar-refractivity contribution in [3.8, 4) is 0 Å². The Labute approximate surface area is 123 Å². The highest BCUT2D eigenvalue weighted by molar-refractivity contribution is 5.88. The smallest absolute Gasteiger partial charge is 0.338 e. The molecule has 0 fully saturated rings. The van der Waals surface area contributed by atoms with Gasteiger partial charge < -0.3 is 10.0 Å². The minimum atomic E-state index is -1.24. The van der Waals surface area contributed by atoms with Crippen LogP contribution in [-0.4, -0.2) is 17.6 Å². The van der Waals surface area contributed by atoms with Crippen LogP contribution in [0.15, 0.2) is 42.5 Å². The lowest BCUT2D eigenvalue weighted by atomic mass is 10.1. The number of carboxylic acid groups (broad SMARTS) is 1. The number of hydrogen-bond acceptors (Lipinski definition) is 2. The third-order valence-electron chi connectivity index (χ3n) is 3.51. The van der Waals surface area contributed by atoms with Crippen LogP contribution < -0.4 is 4.90 Å². The van der Waals surface area contributed by atoms with Gasteiger partial charge in [0.25, 0.3) is 0 Å². The lowest BCUT2D eigenvalue weighted by Gasteiger charge is -2.25. The second-order valence-electron chi connectivity index (χ2n) is 4.88. The summed E-state index contributed by atoms with van der Waals surface area (Å²) in [5.74, 6) is -1.90. The largest absolute Gasteiger partial charge is 0.478 e. The molecule has 0 aliphatic rings. The standard InChI is InChI=1S/C17H18FNO2/c1-3-19(15-10-5-4-7-12(15)2)11-13-8-6-9-14(16(13)18)17(20)21/h4-10H,3,11H2,1-2H3,(H,20,21). The summed E-state index contributed by atoms with van der Waals surface area (Å²) >= 11 is 0. The molecule has 1 N–H and O–H groups in total. The second kappa shape index (κ2) is 6.39. The molecule has 0 aromatic heterocycles. The van der Waals surface area contributed by atoms with Gasteiger partial charge in [0.2, 0.25) is 0 Å². The first kappa shape index (κ1) is 15.0. The molecule has 0 spiro atoms. The maximum atomic E-state index is 14.2. The van der Waals surface area contributed by atoms with Crippen molar-refractivity contribution in [2.24, 2.45) is 0 Å². The number of para-hydroxylation sites is 1. The molecule has 0 saturated carbocycles. The van der Waals surface area contributed by atoms with E-state index < -0.39 is 11.8 Å². The van der Waals surface area contributed by atoms with E-state index in [1.54, 1.807) is 12.1 Å². The number of nitrogens with zero attached hydrogens (tertiary/aromatic N) is 1. The second-order valence-corrected chi connectivity index (χ2v) is 4.88. The highest BCUT2D eigenvalue weighted by atomic mass is 19.1. The molecule has 2 aromatic carbocycles. The quantitative estimate of drug-likeness (QED) is 0.907. The molecule has 0 radical (unpaired) electrons. The highest BCUT2D eigenvalue weighted by Crippen LogP contribution is 2.23. The molecule has 21 heavy (non-hydrogen) atoms. The van der Waals surface area contributed by atoms with Crippen LogP contribution in [0.1, 0.15) is 28.4 Å². The zero-order valence-electron chi connectivity index (χ0n) is 12.1. The normalized spacial score (nSPS) is 10.4. The predicted octanol–water partition coefficient (Wildman–Crippen LogP) is 3.86. The summed E-state index contributed by atoms with van der Waals surface area (Å²) in [6.07, 6.45) is 0. The summed E-state index contributed by atoms with van der Waals surface area (Å²) in [6, 6.07) is 12.4. The molecular formula is C17H18FNO2. The summed E-state index contributed by atoms with van der Waals surface area (Å²) in [4.78, 5) is 13.0. The van der Waals surface area contributed by atoms with Gasteiger partial charge in [-0.15, -0.1) is 0 Å². The van der Waals surface area contributed by atoms with Crippen molar-refractivity contribution in [1.29, 1.82) is 0 Å². The molecular weight excluding hydrogens is 269 g/mol. The molecule has 2 rings (SSSR count). The number of anilines is 1. The van der Waals surface area contributed by atoms with Crippen molar-refractivity contribution in [1.82, 2.24) is 0 Å². The van der Waals surface area contributed by atoms with Gasteiger partial charge >= 0.3 is 5.97 Å².